The quantitative estimate of drug-likeness (QED) is 0.293. The zero-order valence-corrected chi connectivity index (χ0v) is 18.6. The van der Waals surface area contributed by atoms with Crippen LogP contribution in [0.25, 0.3) is 5.57 Å². The van der Waals surface area contributed by atoms with Gasteiger partial charge in [0.1, 0.15) is 5.75 Å². The summed E-state index contributed by atoms with van der Waals surface area (Å²) >= 11 is 0. The summed E-state index contributed by atoms with van der Waals surface area (Å²) in [6.07, 6.45) is 13.7. The number of benzene rings is 1. The third-order valence-electron chi connectivity index (χ3n) is 4.95. The molecule has 1 heterocycles. The lowest BCUT2D eigenvalue weighted by Gasteiger charge is -2.19. The Labute approximate surface area is 189 Å². The van der Waals surface area contributed by atoms with Gasteiger partial charge in [-0.15, -0.1) is 0 Å². The summed E-state index contributed by atoms with van der Waals surface area (Å²) in [5.41, 5.74) is 5.72. The van der Waals surface area contributed by atoms with Crippen LogP contribution in [0.4, 0.5) is 5.69 Å². The Balaban J connectivity index is 1.87. The van der Waals surface area contributed by atoms with Crippen molar-refractivity contribution in [3.63, 3.8) is 0 Å². The van der Waals surface area contributed by atoms with Crippen molar-refractivity contribution in [1.29, 1.82) is 0 Å². The summed E-state index contributed by atoms with van der Waals surface area (Å²) in [4.78, 5) is 8.25. The number of rotatable bonds is 9. The number of hydrogen-bond acceptors (Lipinski definition) is 6. The number of aliphatic imine (C=N–C) groups is 1. The largest absolute Gasteiger partial charge is 0.497 e. The number of nitrogens with zero attached hydrogens (tertiary/aromatic N) is 3. The first-order chi connectivity index (χ1) is 15.5. The fourth-order valence-electron chi connectivity index (χ4n) is 3.34. The van der Waals surface area contributed by atoms with Gasteiger partial charge in [0.05, 0.1) is 18.5 Å². The molecule has 164 valence electrons. The van der Waals surface area contributed by atoms with Crippen molar-refractivity contribution in [3.8, 4) is 5.75 Å². The molecule has 3 rings (SSSR count). The van der Waals surface area contributed by atoms with E-state index in [1.807, 2.05) is 74.5 Å². The first-order valence-electron chi connectivity index (χ1n) is 10.3. The normalized spacial score (nSPS) is 14.6. The number of hydrogen-bond donors (Lipinski definition) is 2. The number of nitrogens with one attached hydrogen (secondary N) is 1. The van der Waals surface area contributed by atoms with E-state index in [4.69, 9.17) is 4.74 Å². The van der Waals surface area contributed by atoms with E-state index in [0.717, 1.165) is 38.9 Å². The molecule has 6 heteroatoms. The molecule has 0 bridgehead atoms. The van der Waals surface area contributed by atoms with E-state index in [-0.39, 0.29) is 0 Å². The fraction of sp³-hybridized carbons (Fsp3) is 0.154. The van der Waals surface area contributed by atoms with E-state index in [9.17, 15) is 5.21 Å². The van der Waals surface area contributed by atoms with Crippen LogP contribution in [0, 0.1) is 0 Å². The van der Waals surface area contributed by atoms with Gasteiger partial charge in [0.2, 0.25) is 0 Å². The van der Waals surface area contributed by atoms with E-state index in [1.165, 1.54) is 0 Å². The van der Waals surface area contributed by atoms with Crippen molar-refractivity contribution < 1.29 is 9.94 Å². The number of ether oxygens (including phenoxy) is 1. The lowest BCUT2D eigenvalue weighted by Crippen LogP contribution is -2.15. The molecule has 2 aromatic rings. The highest BCUT2D eigenvalue weighted by Crippen LogP contribution is 2.30. The van der Waals surface area contributed by atoms with Gasteiger partial charge in [-0.2, -0.15) is 0 Å². The van der Waals surface area contributed by atoms with Gasteiger partial charge in [-0.1, -0.05) is 24.3 Å². The number of aromatic nitrogens is 1. The van der Waals surface area contributed by atoms with Crippen LogP contribution in [-0.2, 0) is 0 Å². The summed E-state index contributed by atoms with van der Waals surface area (Å²) in [7, 11) is 1.65. The molecule has 0 unspecified atom stereocenters. The van der Waals surface area contributed by atoms with Crippen molar-refractivity contribution in [3.05, 3.63) is 108 Å². The summed E-state index contributed by atoms with van der Waals surface area (Å²) in [6, 6.07) is 11.5. The summed E-state index contributed by atoms with van der Waals surface area (Å²) in [5, 5.41) is 15.5. The Morgan fingerprint density at radius 3 is 2.69 bits per heavy atom. The Hall–Kier alpha value is -3.90. The van der Waals surface area contributed by atoms with Crippen LogP contribution in [0.2, 0.25) is 0 Å². The van der Waals surface area contributed by atoms with Gasteiger partial charge in [-0.25, -0.2) is 5.06 Å². The van der Waals surface area contributed by atoms with Crippen molar-refractivity contribution in [2.24, 2.45) is 4.99 Å². The van der Waals surface area contributed by atoms with Crippen molar-refractivity contribution in [1.82, 2.24) is 10.0 Å². The molecule has 0 spiro atoms. The predicted octanol–water partition coefficient (Wildman–Crippen LogP) is 5.96. The molecule has 0 amide bonds. The Morgan fingerprint density at radius 1 is 1.28 bits per heavy atom. The lowest BCUT2D eigenvalue weighted by molar-refractivity contribution is -0.000962. The lowest BCUT2D eigenvalue weighted by atomic mass is 10.1. The van der Waals surface area contributed by atoms with Crippen LogP contribution in [0.5, 0.6) is 5.75 Å². The molecule has 1 aromatic carbocycles. The Morgan fingerprint density at radius 2 is 2.06 bits per heavy atom. The van der Waals surface area contributed by atoms with Gasteiger partial charge in [0.25, 0.3) is 0 Å². The molecule has 0 saturated carbocycles. The minimum atomic E-state index is 0.567. The average Bonchev–Trinajstić information content (AvgIpc) is 3.27. The zero-order chi connectivity index (χ0) is 22.9. The van der Waals surface area contributed by atoms with Gasteiger partial charge < -0.3 is 10.1 Å². The standard InChI is InChI=1S/C26H28N4O2/c1-5-7-22(21-8-6-15-28-17-21)18-30(31)26(19(2)27-3)20-9-10-24(16-20)29-23-11-13-25(32-4)14-12-23/h5-9,11-18,29,31H,3,10H2,1-2,4H3/b7-5-,22-18+,26-19-. The summed E-state index contributed by atoms with van der Waals surface area (Å²) in [6.45, 7) is 7.40. The molecule has 0 atom stereocenters. The third-order valence-corrected chi connectivity index (χ3v) is 4.95. The highest BCUT2D eigenvalue weighted by Gasteiger charge is 2.18. The van der Waals surface area contributed by atoms with Crippen LogP contribution >= 0.6 is 0 Å². The molecule has 1 aliphatic rings. The second kappa shape index (κ2) is 10.9. The van der Waals surface area contributed by atoms with Gasteiger partial charge in [-0.3, -0.25) is 15.2 Å². The van der Waals surface area contributed by atoms with Gasteiger partial charge >= 0.3 is 0 Å². The minimum Gasteiger partial charge on any atom is -0.497 e. The van der Waals surface area contributed by atoms with E-state index >= 15 is 0 Å². The maximum Gasteiger partial charge on any atom is 0.119 e. The van der Waals surface area contributed by atoms with E-state index in [1.54, 1.807) is 25.7 Å². The molecular formula is C26H28N4O2. The first-order valence-corrected chi connectivity index (χ1v) is 10.3. The third kappa shape index (κ3) is 5.62. The number of anilines is 1. The van der Waals surface area contributed by atoms with E-state index < -0.39 is 0 Å². The second-order valence-corrected chi connectivity index (χ2v) is 7.15. The van der Waals surface area contributed by atoms with Crippen LogP contribution in [0.3, 0.4) is 0 Å². The maximum atomic E-state index is 11.0. The molecule has 0 radical (unpaired) electrons. The highest BCUT2D eigenvalue weighted by atomic mass is 16.5. The van der Waals surface area contributed by atoms with E-state index in [0.29, 0.717) is 17.8 Å². The minimum absolute atomic E-state index is 0.567. The van der Waals surface area contributed by atoms with Gasteiger partial charge in [-0.05, 0) is 57.0 Å². The molecule has 0 fully saturated rings. The number of allylic oxidation sites excluding steroid dienone is 6. The van der Waals surface area contributed by atoms with Crippen LogP contribution in [-0.4, -0.2) is 29.1 Å². The maximum absolute atomic E-state index is 11.0. The van der Waals surface area contributed by atoms with Crippen LogP contribution < -0.4 is 10.1 Å². The number of hydroxylamine groups is 2. The smallest absolute Gasteiger partial charge is 0.119 e. The van der Waals surface area contributed by atoms with Gasteiger partial charge in [0, 0.05) is 53.1 Å². The zero-order valence-electron chi connectivity index (χ0n) is 18.6. The molecule has 1 aliphatic carbocycles. The number of methoxy groups -OCH3 is 1. The number of pyridine rings is 1. The summed E-state index contributed by atoms with van der Waals surface area (Å²) in [5.74, 6) is 0.806. The molecule has 1 aromatic heterocycles. The van der Waals surface area contributed by atoms with Gasteiger partial charge in [0.15, 0.2) is 0 Å². The predicted molar refractivity (Wildman–Crippen MR) is 130 cm³/mol. The topological polar surface area (TPSA) is 70.0 Å². The van der Waals surface area contributed by atoms with E-state index in [2.05, 4.69) is 22.0 Å². The highest BCUT2D eigenvalue weighted by molar-refractivity contribution is 5.73. The van der Waals surface area contributed by atoms with Crippen LogP contribution in [0.1, 0.15) is 25.8 Å². The molecule has 6 nitrogen and oxygen atoms in total. The summed E-state index contributed by atoms with van der Waals surface area (Å²) < 4.78 is 5.21. The first kappa shape index (κ1) is 22.8. The fourth-order valence-corrected chi connectivity index (χ4v) is 3.34. The van der Waals surface area contributed by atoms with Crippen molar-refractivity contribution in [2.45, 2.75) is 20.3 Å². The Bertz CT molecular complexity index is 1090. The molecule has 0 saturated heterocycles. The molecule has 2 N–H and O–H groups in total. The van der Waals surface area contributed by atoms with Crippen molar-refractivity contribution >= 4 is 18.0 Å². The molecule has 32 heavy (non-hydrogen) atoms. The average molecular weight is 429 g/mol. The monoisotopic (exact) mass is 428 g/mol. The molecule has 0 aliphatic heterocycles. The Kier molecular flexibility index (Phi) is 7.78. The van der Waals surface area contributed by atoms with Crippen molar-refractivity contribution in [2.75, 3.05) is 12.4 Å². The second-order valence-electron chi connectivity index (χ2n) is 7.15. The SMILES string of the molecule is C=N/C(C)=C(/C1=CCC(Nc2ccc(OC)cc2)=C1)N(O)/C=C(\C=C/C)c1cccnc1. The molecular weight excluding hydrogens is 400 g/mol. The van der Waals surface area contributed by atoms with Crippen LogP contribution in [0.15, 0.2) is 107 Å².